The van der Waals surface area contributed by atoms with E-state index in [9.17, 15) is 9.59 Å². The van der Waals surface area contributed by atoms with Gasteiger partial charge in [-0.3, -0.25) is 14.2 Å². The van der Waals surface area contributed by atoms with Crippen LogP contribution in [0.2, 0.25) is 0 Å². The number of hydrogen-bond acceptors (Lipinski definition) is 3. The number of unbranched alkanes of at least 4 members (excludes halogenated alkanes) is 1. The second kappa shape index (κ2) is 8.27. The predicted molar refractivity (Wildman–Crippen MR) is 91.2 cm³/mol. The maximum Gasteiger partial charge on any atom is 0.254 e. The standard InChI is InChI=1S/C18H23N3O2/c1-3-5-11-19-16(22)13-21-17(23)12-15(4-2)20-18(21)14-9-7-6-8-10-14/h6-10,12H,3-5,11,13H2,1-2H3,(H,19,22). The maximum atomic E-state index is 12.4. The van der Waals surface area contributed by atoms with E-state index in [1.165, 1.54) is 10.6 Å². The van der Waals surface area contributed by atoms with Crippen LogP contribution in [0, 0.1) is 0 Å². The molecule has 1 aromatic heterocycles. The van der Waals surface area contributed by atoms with Gasteiger partial charge in [0.05, 0.1) is 0 Å². The summed E-state index contributed by atoms with van der Waals surface area (Å²) in [6.07, 6.45) is 2.63. The Labute approximate surface area is 136 Å². The zero-order valence-electron chi connectivity index (χ0n) is 13.7. The number of hydrogen-bond donors (Lipinski definition) is 1. The van der Waals surface area contributed by atoms with E-state index < -0.39 is 0 Å². The van der Waals surface area contributed by atoms with Gasteiger partial charge in [-0.05, 0) is 12.8 Å². The van der Waals surface area contributed by atoms with Gasteiger partial charge >= 0.3 is 0 Å². The van der Waals surface area contributed by atoms with Crippen molar-refractivity contribution in [3.05, 3.63) is 52.4 Å². The van der Waals surface area contributed by atoms with E-state index >= 15 is 0 Å². The molecule has 0 bridgehead atoms. The molecule has 1 amide bonds. The Morgan fingerprint density at radius 3 is 2.61 bits per heavy atom. The van der Waals surface area contributed by atoms with Crippen molar-refractivity contribution in [1.82, 2.24) is 14.9 Å². The van der Waals surface area contributed by atoms with Crippen LogP contribution in [0.3, 0.4) is 0 Å². The third kappa shape index (κ3) is 4.52. The first kappa shape index (κ1) is 16.9. The fourth-order valence-corrected chi connectivity index (χ4v) is 2.30. The van der Waals surface area contributed by atoms with Crippen LogP contribution in [0.5, 0.6) is 0 Å². The topological polar surface area (TPSA) is 64.0 Å². The summed E-state index contributed by atoms with van der Waals surface area (Å²) >= 11 is 0. The van der Waals surface area contributed by atoms with Gasteiger partial charge < -0.3 is 5.32 Å². The van der Waals surface area contributed by atoms with Crippen molar-refractivity contribution in [2.75, 3.05) is 6.54 Å². The number of amides is 1. The molecule has 1 aromatic carbocycles. The van der Waals surface area contributed by atoms with Gasteiger partial charge in [0.25, 0.3) is 5.56 Å². The highest BCUT2D eigenvalue weighted by atomic mass is 16.2. The van der Waals surface area contributed by atoms with Crippen molar-refractivity contribution in [3.63, 3.8) is 0 Å². The average Bonchev–Trinajstić information content (AvgIpc) is 2.57. The van der Waals surface area contributed by atoms with E-state index in [4.69, 9.17) is 0 Å². The molecule has 0 unspecified atom stereocenters. The maximum absolute atomic E-state index is 12.4. The largest absolute Gasteiger partial charge is 0.355 e. The molecule has 122 valence electrons. The number of nitrogens with one attached hydrogen (secondary N) is 1. The Morgan fingerprint density at radius 1 is 1.22 bits per heavy atom. The molecular weight excluding hydrogens is 290 g/mol. The molecule has 0 saturated carbocycles. The zero-order chi connectivity index (χ0) is 16.7. The van der Waals surface area contributed by atoms with Crippen LogP contribution in [-0.4, -0.2) is 22.0 Å². The summed E-state index contributed by atoms with van der Waals surface area (Å²) in [6, 6.07) is 11.0. The van der Waals surface area contributed by atoms with Crippen molar-refractivity contribution < 1.29 is 4.79 Å². The van der Waals surface area contributed by atoms with Crippen LogP contribution in [-0.2, 0) is 17.8 Å². The zero-order valence-corrected chi connectivity index (χ0v) is 13.7. The quantitative estimate of drug-likeness (QED) is 0.798. The molecule has 0 radical (unpaired) electrons. The van der Waals surface area contributed by atoms with E-state index in [-0.39, 0.29) is 18.0 Å². The molecule has 1 N–H and O–H groups in total. The number of rotatable bonds is 7. The molecular formula is C18H23N3O2. The smallest absolute Gasteiger partial charge is 0.254 e. The summed E-state index contributed by atoms with van der Waals surface area (Å²) in [4.78, 5) is 29.0. The van der Waals surface area contributed by atoms with Crippen LogP contribution >= 0.6 is 0 Å². The lowest BCUT2D eigenvalue weighted by Gasteiger charge is -2.13. The van der Waals surface area contributed by atoms with E-state index in [0.717, 1.165) is 24.1 Å². The van der Waals surface area contributed by atoms with E-state index in [1.54, 1.807) is 0 Å². The van der Waals surface area contributed by atoms with Gasteiger partial charge in [0.15, 0.2) is 0 Å². The fraction of sp³-hybridized carbons (Fsp3) is 0.389. The molecule has 23 heavy (non-hydrogen) atoms. The molecule has 5 heteroatoms. The van der Waals surface area contributed by atoms with Gasteiger partial charge in [-0.25, -0.2) is 4.98 Å². The predicted octanol–water partition coefficient (Wildman–Crippen LogP) is 2.39. The summed E-state index contributed by atoms with van der Waals surface area (Å²) in [5.41, 5.74) is 1.37. The van der Waals surface area contributed by atoms with Gasteiger partial charge in [0.2, 0.25) is 5.91 Å². The molecule has 0 saturated heterocycles. The van der Waals surface area contributed by atoms with Crippen molar-refractivity contribution in [1.29, 1.82) is 0 Å². The van der Waals surface area contributed by atoms with Gasteiger partial charge in [-0.1, -0.05) is 50.6 Å². The lowest BCUT2D eigenvalue weighted by atomic mass is 10.2. The second-order valence-corrected chi connectivity index (χ2v) is 5.42. The Bertz CT molecular complexity index is 708. The Balaban J connectivity index is 2.34. The first-order chi connectivity index (χ1) is 11.2. The average molecular weight is 313 g/mol. The molecule has 0 aliphatic rings. The molecule has 2 rings (SSSR count). The minimum atomic E-state index is -0.193. The minimum absolute atomic E-state index is 0.0101. The monoisotopic (exact) mass is 313 g/mol. The Morgan fingerprint density at radius 2 is 1.96 bits per heavy atom. The Kier molecular flexibility index (Phi) is 6.09. The summed E-state index contributed by atoms with van der Waals surface area (Å²) in [7, 11) is 0. The third-order valence-electron chi connectivity index (χ3n) is 3.61. The molecule has 0 atom stereocenters. The number of benzene rings is 1. The summed E-state index contributed by atoms with van der Waals surface area (Å²) in [6.45, 7) is 4.64. The first-order valence-electron chi connectivity index (χ1n) is 8.08. The first-order valence-corrected chi connectivity index (χ1v) is 8.08. The number of aromatic nitrogens is 2. The number of nitrogens with zero attached hydrogens (tertiary/aromatic N) is 2. The van der Waals surface area contributed by atoms with Crippen molar-refractivity contribution in [2.45, 2.75) is 39.7 Å². The summed E-state index contributed by atoms with van der Waals surface area (Å²) in [5, 5.41) is 2.84. The van der Waals surface area contributed by atoms with Crippen LogP contribution < -0.4 is 10.9 Å². The summed E-state index contributed by atoms with van der Waals surface area (Å²) < 4.78 is 1.44. The van der Waals surface area contributed by atoms with Crippen molar-refractivity contribution in [2.24, 2.45) is 0 Å². The van der Waals surface area contributed by atoms with Gasteiger partial charge in [-0.2, -0.15) is 0 Å². The second-order valence-electron chi connectivity index (χ2n) is 5.42. The molecule has 5 nitrogen and oxygen atoms in total. The van der Waals surface area contributed by atoms with E-state index in [1.807, 2.05) is 37.3 Å². The Hall–Kier alpha value is -2.43. The van der Waals surface area contributed by atoms with Gasteiger partial charge in [0, 0.05) is 23.9 Å². The van der Waals surface area contributed by atoms with Crippen LogP contribution in [0.1, 0.15) is 32.4 Å². The molecule has 0 aliphatic carbocycles. The lowest BCUT2D eigenvalue weighted by Crippen LogP contribution is -2.34. The minimum Gasteiger partial charge on any atom is -0.355 e. The fourth-order valence-electron chi connectivity index (χ4n) is 2.30. The third-order valence-corrected chi connectivity index (χ3v) is 3.61. The van der Waals surface area contributed by atoms with Crippen LogP contribution in [0.25, 0.3) is 11.4 Å². The summed E-state index contributed by atoms with van der Waals surface area (Å²) in [5.74, 6) is 0.379. The number of carbonyl (C=O) groups is 1. The molecule has 0 aliphatic heterocycles. The normalized spacial score (nSPS) is 10.5. The molecule has 0 fully saturated rings. The molecule has 2 aromatic rings. The SMILES string of the molecule is CCCCNC(=O)Cn1c(-c2ccccc2)nc(CC)cc1=O. The molecule has 1 heterocycles. The van der Waals surface area contributed by atoms with Crippen LogP contribution in [0.15, 0.2) is 41.2 Å². The van der Waals surface area contributed by atoms with Gasteiger partial charge in [0.1, 0.15) is 12.4 Å². The van der Waals surface area contributed by atoms with E-state index in [2.05, 4.69) is 17.2 Å². The van der Waals surface area contributed by atoms with Crippen molar-refractivity contribution >= 4 is 5.91 Å². The lowest BCUT2D eigenvalue weighted by molar-refractivity contribution is -0.121. The van der Waals surface area contributed by atoms with Gasteiger partial charge in [-0.15, -0.1) is 0 Å². The van der Waals surface area contributed by atoms with E-state index in [0.29, 0.717) is 18.8 Å². The molecule has 0 spiro atoms. The highest BCUT2D eigenvalue weighted by molar-refractivity contribution is 5.76. The highest BCUT2D eigenvalue weighted by Crippen LogP contribution is 2.15. The van der Waals surface area contributed by atoms with Crippen LogP contribution in [0.4, 0.5) is 0 Å². The highest BCUT2D eigenvalue weighted by Gasteiger charge is 2.13. The number of aryl methyl sites for hydroxylation is 1. The van der Waals surface area contributed by atoms with Crippen molar-refractivity contribution in [3.8, 4) is 11.4 Å². The number of carbonyl (C=O) groups excluding carboxylic acids is 1.